The van der Waals surface area contributed by atoms with Crippen LogP contribution in [0.4, 0.5) is 0 Å². The van der Waals surface area contributed by atoms with E-state index in [0.29, 0.717) is 12.5 Å². The number of aliphatic hydroxyl groups excluding tert-OH is 1. The second-order valence-electron chi connectivity index (χ2n) is 3.32. The van der Waals surface area contributed by atoms with E-state index in [0.717, 1.165) is 5.92 Å². The highest BCUT2D eigenvalue weighted by atomic mass is 16.3. The maximum absolute atomic E-state index is 8.81. The molecule has 0 aromatic rings. The molecule has 1 saturated carbocycles. The standard InChI is InChI=1S/C8H16O.2C2H6/c1-7-3-2-4-8(5-7)6-9;2*1-2/h7-9H,2-6H2,1H3;2*1-2H3/t7-,8-;;/m1../s1. The fourth-order valence-electron chi connectivity index (χ4n) is 1.73. The highest BCUT2D eigenvalue weighted by Crippen LogP contribution is 2.27. The minimum atomic E-state index is 0.407. The predicted molar refractivity (Wildman–Crippen MR) is 60.9 cm³/mol. The third kappa shape index (κ3) is 8.29. The zero-order valence-corrected chi connectivity index (χ0v) is 10.1. The summed E-state index contributed by atoms with van der Waals surface area (Å²) in [6, 6.07) is 0. The molecule has 82 valence electrons. The van der Waals surface area contributed by atoms with Gasteiger partial charge in [-0.15, -0.1) is 0 Å². The topological polar surface area (TPSA) is 20.2 Å². The molecular weight excluding hydrogens is 160 g/mol. The van der Waals surface area contributed by atoms with E-state index < -0.39 is 0 Å². The van der Waals surface area contributed by atoms with Crippen LogP contribution in [0.15, 0.2) is 0 Å². The fourth-order valence-corrected chi connectivity index (χ4v) is 1.73. The van der Waals surface area contributed by atoms with Crippen LogP contribution >= 0.6 is 0 Å². The lowest BCUT2D eigenvalue weighted by Gasteiger charge is -2.24. The molecule has 1 fully saturated rings. The minimum absolute atomic E-state index is 0.407. The van der Waals surface area contributed by atoms with Gasteiger partial charge in [-0.3, -0.25) is 0 Å². The van der Waals surface area contributed by atoms with Crippen LogP contribution in [0.25, 0.3) is 0 Å². The molecule has 1 nitrogen and oxygen atoms in total. The van der Waals surface area contributed by atoms with Crippen molar-refractivity contribution < 1.29 is 5.11 Å². The molecule has 0 aliphatic heterocycles. The number of hydrogen-bond acceptors (Lipinski definition) is 1. The summed E-state index contributed by atoms with van der Waals surface area (Å²) in [5.74, 6) is 1.48. The average Bonchev–Trinajstić information content (AvgIpc) is 2.24. The van der Waals surface area contributed by atoms with Gasteiger partial charge in [0.1, 0.15) is 0 Å². The molecule has 0 saturated heterocycles. The largest absolute Gasteiger partial charge is 0.396 e. The summed E-state index contributed by atoms with van der Waals surface area (Å²) < 4.78 is 0. The first-order valence-corrected chi connectivity index (χ1v) is 5.93. The maximum atomic E-state index is 8.81. The second-order valence-corrected chi connectivity index (χ2v) is 3.32. The molecule has 0 radical (unpaired) electrons. The molecule has 0 amide bonds. The van der Waals surface area contributed by atoms with E-state index in [1.165, 1.54) is 25.7 Å². The normalized spacial score (nSPS) is 26.3. The van der Waals surface area contributed by atoms with Crippen LogP contribution < -0.4 is 0 Å². The smallest absolute Gasteiger partial charge is 0.0459 e. The van der Waals surface area contributed by atoms with Gasteiger partial charge in [0, 0.05) is 6.61 Å². The van der Waals surface area contributed by atoms with Crippen LogP contribution in [0.5, 0.6) is 0 Å². The van der Waals surface area contributed by atoms with Crippen LogP contribution in [0, 0.1) is 11.8 Å². The van der Waals surface area contributed by atoms with Gasteiger partial charge < -0.3 is 5.11 Å². The van der Waals surface area contributed by atoms with Gasteiger partial charge in [-0.2, -0.15) is 0 Å². The Hall–Kier alpha value is -0.0400. The van der Waals surface area contributed by atoms with Gasteiger partial charge in [-0.25, -0.2) is 0 Å². The molecular formula is C12H28O. The van der Waals surface area contributed by atoms with Gasteiger partial charge in [0.05, 0.1) is 0 Å². The zero-order chi connectivity index (χ0) is 10.7. The van der Waals surface area contributed by atoms with Gasteiger partial charge in [-0.05, 0) is 24.7 Å². The highest BCUT2D eigenvalue weighted by Gasteiger charge is 2.17. The molecule has 1 aliphatic rings. The van der Waals surface area contributed by atoms with E-state index in [2.05, 4.69) is 6.92 Å². The average molecular weight is 188 g/mol. The lowest BCUT2D eigenvalue weighted by Crippen LogP contribution is -2.15. The Morgan fingerprint density at radius 1 is 1.08 bits per heavy atom. The lowest BCUT2D eigenvalue weighted by atomic mass is 9.83. The first kappa shape index (κ1) is 15.4. The predicted octanol–water partition coefficient (Wildman–Crippen LogP) is 3.86. The molecule has 0 unspecified atom stereocenters. The number of hydrogen-bond donors (Lipinski definition) is 1. The molecule has 0 aromatic carbocycles. The quantitative estimate of drug-likeness (QED) is 0.662. The lowest BCUT2D eigenvalue weighted by molar-refractivity contribution is 0.166. The van der Waals surface area contributed by atoms with Gasteiger partial charge in [-0.1, -0.05) is 47.5 Å². The molecule has 2 atom stereocenters. The first-order valence-electron chi connectivity index (χ1n) is 5.93. The van der Waals surface area contributed by atoms with Crippen molar-refractivity contribution in [3.63, 3.8) is 0 Å². The number of rotatable bonds is 1. The summed E-state index contributed by atoms with van der Waals surface area (Å²) in [6.45, 7) is 10.7. The Morgan fingerprint density at radius 2 is 1.62 bits per heavy atom. The molecule has 0 spiro atoms. The monoisotopic (exact) mass is 188 g/mol. The number of aliphatic hydroxyl groups is 1. The summed E-state index contributed by atoms with van der Waals surface area (Å²) in [5, 5.41) is 8.81. The summed E-state index contributed by atoms with van der Waals surface area (Å²) in [4.78, 5) is 0. The van der Waals surface area contributed by atoms with Crippen LogP contribution in [0.2, 0.25) is 0 Å². The van der Waals surface area contributed by atoms with Crippen LogP contribution in [-0.4, -0.2) is 11.7 Å². The van der Waals surface area contributed by atoms with Crippen molar-refractivity contribution in [3.8, 4) is 0 Å². The van der Waals surface area contributed by atoms with E-state index in [-0.39, 0.29) is 0 Å². The van der Waals surface area contributed by atoms with Crippen molar-refractivity contribution in [2.45, 2.75) is 60.3 Å². The highest BCUT2D eigenvalue weighted by molar-refractivity contribution is 4.68. The first-order chi connectivity index (χ1) is 6.33. The van der Waals surface area contributed by atoms with Crippen molar-refractivity contribution in [3.05, 3.63) is 0 Å². The molecule has 1 rings (SSSR count). The third-order valence-electron chi connectivity index (χ3n) is 2.30. The zero-order valence-electron chi connectivity index (χ0n) is 10.1. The summed E-state index contributed by atoms with van der Waals surface area (Å²) in [7, 11) is 0. The van der Waals surface area contributed by atoms with Crippen molar-refractivity contribution in [1.29, 1.82) is 0 Å². The van der Waals surface area contributed by atoms with Gasteiger partial charge in [0.15, 0.2) is 0 Å². The molecule has 1 heteroatoms. The van der Waals surface area contributed by atoms with Crippen LogP contribution in [0.3, 0.4) is 0 Å². The van der Waals surface area contributed by atoms with Crippen molar-refractivity contribution in [2.75, 3.05) is 6.61 Å². The fraction of sp³-hybridized carbons (Fsp3) is 1.00. The van der Waals surface area contributed by atoms with E-state index >= 15 is 0 Å². The SMILES string of the molecule is CC.CC.C[C@@H]1CCC[C@@H](CO)C1. The Morgan fingerprint density at radius 3 is 1.92 bits per heavy atom. The van der Waals surface area contributed by atoms with Gasteiger partial charge in [0.25, 0.3) is 0 Å². The Balaban J connectivity index is 0. The Labute approximate surface area is 84.6 Å². The van der Waals surface area contributed by atoms with Crippen molar-refractivity contribution in [2.24, 2.45) is 11.8 Å². The Kier molecular flexibility index (Phi) is 14.2. The molecule has 0 aromatic heterocycles. The minimum Gasteiger partial charge on any atom is -0.396 e. The van der Waals surface area contributed by atoms with Gasteiger partial charge >= 0.3 is 0 Å². The second kappa shape index (κ2) is 12.0. The summed E-state index contributed by atoms with van der Waals surface area (Å²) in [5.41, 5.74) is 0. The van der Waals surface area contributed by atoms with Gasteiger partial charge in [0.2, 0.25) is 0 Å². The molecule has 0 heterocycles. The molecule has 1 aliphatic carbocycles. The molecule has 13 heavy (non-hydrogen) atoms. The van der Waals surface area contributed by atoms with Crippen LogP contribution in [-0.2, 0) is 0 Å². The van der Waals surface area contributed by atoms with E-state index in [1.807, 2.05) is 27.7 Å². The van der Waals surface area contributed by atoms with Crippen molar-refractivity contribution in [1.82, 2.24) is 0 Å². The van der Waals surface area contributed by atoms with Crippen LogP contribution in [0.1, 0.15) is 60.3 Å². The summed E-state index contributed by atoms with van der Waals surface area (Å²) in [6.07, 6.45) is 5.19. The van der Waals surface area contributed by atoms with E-state index in [9.17, 15) is 0 Å². The molecule has 0 bridgehead atoms. The van der Waals surface area contributed by atoms with Crippen molar-refractivity contribution >= 4 is 0 Å². The Bertz CT molecular complexity index is 81.2. The maximum Gasteiger partial charge on any atom is 0.0459 e. The third-order valence-corrected chi connectivity index (χ3v) is 2.30. The molecule has 1 N–H and O–H groups in total. The van der Waals surface area contributed by atoms with E-state index in [4.69, 9.17) is 5.11 Å². The van der Waals surface area contributed by atoms with E-state index in [1.54, 1.807) is 0 Å². The summed E-state index contributed by atoms with van der Waals surface area (Å²) >= 11 is 0.